The zero-order valence-corrected chi connectivity index (χ0v) is 8.60. The van der Waals surface area contributed by atoms with Gasteiger partial charge in [-0.25, -0.2) is 0 Å². The normalized spacial score (nSPS) is 11.0. The van der Waals surface area contributed by atoms with E-state index in [1.807, 2.05) is 0 Å². The molecule has 74 valence electrons. The van der Waals surface area contributed by atoms with Crippen LogP contribution in [0.2, 0.25) is 0 Å². The lowest BCUT2D eigenvalue weighted by molar-refractivity contribution is 0.287. The molecule has 0 unspecified atom stereocenters. The third-order valence-electron chi connectivity index (χ3n) is 1.77. The number of thiol groups is 1. The van der Waals surface area contributed by atoms with E-state index in [0.717, 1.165) is 51.3 Å². The van der Waals surface area contributed by atoms with Crippen molar-refractivity contribution in [1.29, 1.82) is 0 Å². The maximum atomic E-state index is 5.43. The average Bonchev–Trinajstić information content (AvgIpc) is 2.10. The van der Waals surface area contributed by atoms with E-state index in [-0.39, 0.29) is 0 Å². The lowest BCUT2D eigenvalue weighted by Gasteiger charge is -2.20. The van der Waals surface area contributed by atoms with Gasteiger partial charge < -0.3 is 16.4 Å². The molecule has 0 aliphatic rings. The van der Waals surface area contributed by atoms with Crippen molar-refractivity contribution in [2.45, 2.75) is 12.8 Å². The summed E-state index contributed by atoms with van der Waals surface area (Å²) < 4.78 is 0. The van der Waals surface area contributed by atoms with Crippen molar-refractivity contribution < 1.29 is 0 Å². The molecule has 0 fully saturated rings. The molecule has 0 aliphatic carbocycles. The predicted octanol–water partition coefficient (Wildman–Crippen LogP) is -0.0842. The molecule has 0 saturated heterocycles. The van der Waals surface area contributed by atoms with Crippen LogP contribution in [0, 0.1) is 0 Å². The molecule has 3 nitrogen and oxygen atoms in total. The standard InChI is InChI=1S/C8H21N3S/c9-3-1-5-11(7-8-12)6-2-4-10/h12H,1-10H2. The Balaban J connectivity index is 3.40. The van der Waals surface area contributed by atoms with E-state index in [2.05, 4.69) is 17.5 Å². The zero-order chi connectivity index (χ0) is 9.23. The first-order chi connectivity index (χ1) is 5.85. The van der Waals surface area contributed by atoms with Crippen LogP contribution in [0.25, 0.3) is 0 Å². The Morgan fingerprint density at radius 2 is 1.42 bits per heavy atom. The van der Waals surface area contributed by atoms with Gasteiger partial charge in [0.1, 0.15) is 0 Å². The number of rotatable bonds is 8. The first kappa shape index (κ1) is 12.2. The van der Waals surface area contributed by atoms with Crippen molar-refractivity contribution in [2.75, 3.05) is 38.5 Å². The molecule has 0 bridgehead atoms. The van der Waals surface area contributed by atoms with E-state index >= 15 is 0 Å². The Hall–Kier alpha value is 0.230. The highest BCUT2D eigenvalue weighted by molar-refractivity contribution is 7.80. The van der Waals surface area contributed by atoms with Crippen LogP contribution in [-0.2, 0) is 0 Å². The second-order valence-electron chi connectivity index (χ2n) is 2.85. The molecule has 0 rings (SSSR count). The zero-order valence-electron chi connectivity index (χ0n) is 7.71. The molecule has 0 amide bonds. The van der Waals surface area contributed by atoms with Gasteiger partial charge in [0.25, 0.3) is 0 Å². The van der Waals surface area contributed by atoms with Gasteiger partial charge in [-0.3, -0.25) is 0 Å². The molecule has 0 aromatic carbocycles. The lowest BCUT2D eigenvalue weighted by Crippen LogP contribution is -2.30. The monoisotopic (exact) mass is 191 g/mol. The van der Waals surface area contributed by atoms with Gasteiger partial charge in [-0.05, 0) is 39.0 Å². The SMILES string of the molecule is NCCCN(CCS)CCCN. The fourth-order valence-electron chi connectivity index (χ4n) is 1.11. The van der Waals surface area contributed by atoms with Crippen LogP contribution in [-0.4, -0.2) is 43.4 Å². The van der Waals surface area contributed by atoms with E-state index in [1.165, 1.54) is 0 Å². The van der Waals surface area contributed by atoms with Gasteiger partial charge in [-0.15, -0.1) is 0 Å². The van der Waals surface area contributed by atoms with Crippen molar-refractivity contribution >= 4 is 12.6 Å². The molecule has 4 N–H and O–H groups in total. The smallest absolute Gasteiger partial charge is 0.00698 e. The summed E-state index contributed by atoms with van der Waals surface area (Å²) in [5.41, 5.74) is 10.9. The van der Waals surface area contributed by atoms with E-state index in [1.54, 1.807) is 0 Å². The highest BCUT2D eigenvalue weighted by Gasteiger charge is 2.01. The Labute approximate surface area is 80.9 Å². The molecule has 0 aromatic rings. The third-order valence-corrected chi connectivity index (χ3v) is 1.97. The molecule has 4 heteroatoms. The molecular formula is C8H21N3S. The quantitative estimate of drug-likeness (QED) is 0.470. The molecule has 0 radical (unpaired) electrons. The molecule has 0 aromatic heterocycles. The van der Waals surface area contributed by atoms with Crippen molar-refractivity contribution in [3.8, 4) is 0 Å². The van der Waals surface area contributed by atoms with Crippen molar-refractivity contribution in [3.63, 3.8) is 0 Å². The van der Waals surface area contributed by atoms with Crippen LogP contribution >= 0.6 is 12.6 Å². The van der Waals surface area contributed by atoms with Crippen molar-refractivity contribution in [3.05, 3.63) is 0 Å². The summed E-state index contributed by atoms with van der Waals surface area (Å²) in [6.07, 6.45) is 2.14. The minimum absolute atomic E-state index is 0.770. The predicted molar refractivity (Wildman–Crippen MR) is 57.6 cm³/mol. The van der Waals surface area contributed by atoms with Crippen LogP contribution in [0.15, 0.2) is 0 Å². The van der Waals surface area contributed by atoms with Gasteiger partial charge in [0.2, 0.25) is 0 Å². The Bertz CT molecular complexity index is 82.4. The number of nitrogens with zero attached hydrogens (tertiary/aromatic N) is 1. The average molecular weight is 191 g/mol. The minimum Gasteiger partial charge on any atom is -0.330 e. The van der Waals surface area contributed by atoms with Gasteiger partial charge in [0.05, 0.1) is 0 Å². The van der Waals surface area contributed by atoms with E-state index in [0.29, 0.717) is 0 Å². The van der Waals surface area contributed by atoms with E-state index in [4.69, 9.17) is 11.5 Å². The van der Waals surface area contributed by atoms with Crippen LogP contribution in [0.4, 0.5) is 0 Å². The summed E-state index contributed by atoms with van der Waals surface area (Å²) in [5.74, 6) is 0.912. The largest absolute Gasteiger partial charge is 0.330 e. The van der Waals surface area contributed by atoms with Crippen LogP contribution in [0.1, 0.15) is 12.8 Å². The Morgan fingerprint density at radius 1 is 0.917 bits per heavy atom. The van der Waals surface area contributed by atoms with E-state index < -0.39 is 0 Å². The van der Waals surface area contributed by atoms with Gasteiger partial charge in [0, 0.05) is 12.3 Å². The first-order valence-electron chi connectivity index (χ1n) is 4.58. The summed E-state index contributed by atoms with van der Waals surface area (Å²) in [7, 11) is 0. The fourth-order valence-corrected chi connectivity index (χ4v) is 1.39. The van der Waals surface area contributed by atoms with Gasteiger partial charge >= 0.3 is 0 Å². The summed E-state index contributed by atoms with van der Waals surface area (Å²) >= 11 is 4.20. The highest BCUT2D eigenvalue weighted by atomic mass is 32.1. The molecule has 0 spiro atoms. The molecule has 0 atom stereocenters. The van der Waals surface area contributed by atoms with Crippen LogP contribution in [0.3, 0.4) is 0 Å². The topological polar surface area (TPSA) is 55.3 Å². The Kier molecular flexibility index (Phi) is 9.50. The molecule has 0 saturated carbocycles. The second kappa shape index (κ2) is 9.32. The molecular weight excluding hydrogens is 170 g/mol. The van der Waals surface area contributed by atoms with Gasteiger partial charge in [-0.2, -0.15) is 12.6 Å². The fraction of sp³-hybridized carbons (Fsp3) is 1.00. The number of nitrogens with two attached hydrogens (primary N) is 2. The molecule has 0 aliphatic heterocycles. The van der Waals surface area contributed by atoms with Gasteiger partial charge in [0.15, 0.2) is 0 Å². The summed E-state index contributed by atoms with van der Waals surface area (Å²) in [6, 6.07) is 0. The minimum atomic E-state index is 0.770. The van der Waals surface area contributed by atoms with Crippen LogP contribution < -0.4 is 11.5 Å². The van der Waals surface area contributed by atoms with Gasteiger partial charge in [-0.1, -0.05) is 0 Å². The summed E-state index contributed by atoms with van der Waals surface area (Å²) in [4.78, 5) is 2.37. The van der Waals surface area contributed by atoms with E-state index in [9.17, 15) is 0 Å². The molecule has 12 heavy (non-hydrogen) atoms. The highest BCUT2D eigenvalue weighted by Crippen LogP contribution is 1.93. The number of hydrogen-bond acceptors (Lipinski definition) is 4. The maximum absolute atomic E-state index is 5.43. The first-order valence-corrected chi connectivity index (χ1v) is 5.21. The maximum Gasteiger partial charge on any atom is 0.00698 e. The molecule has 0 heterocycles. The lowest BCUT2D eigenvalue weighted by atomic mass is 10.3. The summed E-state index contributed by atoms with van der Waals surface area (Å²) in [5, 5.41) is 0. The van der Waals surface area contributed by atoms with Crippen molar-refractivity contribution in [1.82, 2.24) is 4.90 Å². The summed E-state index contributed by atoms with van der Waals surface area (Å²) in [6.45, 7) is 4.74. The Morgan fingerprint density at radius 3 is 1.75 bits per heavy atom. The number of hydrogen-bond donors (Lipinski definition) is 3. The second-order valence-corrected chi connectivity index (χ2v) is 3.30. The third kappa shape index (κ3) is 6.91. The van der Waals surface area contributed by atoms with Crippen molar-refractivity contribution in [2.24, 2.45) is 11.5 Å². The van der Waals surface area contributed by atoms with Crippen LogP contribution in [0.5, 0.6) is 0 Å².